The summed E-state index contributed by atoms with van der Waals surface area (Å²) in [6, 6.07) is 6.90. The number of hydrogen-bond acceptors (Lipinski definition) is 4. The second kappa shape index (κ2) is 5.75. The number of nitrogens with zero attached hydrogens (tertiary/aromatic N) is 2. The number of aromatic nitrogens is 1. The minimum atomic E-state index is -0.502. The highest BCUT2D eigenvalue weighted by Gasteiger charge is 2.08. The van der Waals surface area contributed by atoms with Gasteiger partial charge in [0.25, 0.3) is 5.69 Å². The van der Waals surface area contributed by atoms with Gasteiger partial charge in [-0.3, -0.25) is 14.9 Å². The van der Waals surface area contributed by atoms with Crippen molar-refractivity contribution in [2.24, 2.45) is 7.05 Å². The molecule has 2 rings (SSSR count). The number of hydrogen-bond donors (Lipinski definition) is 0. The van der Waals surface area contributed by atoms with Crippen molar-refractivity contribution in [1.29, 1.82) is 0 Å². The molecule has 7 heteroatoms. The Morgan fingerprint density at radius 2 is 2.00 bits per heavy atom. The Labute approximate surface area is 119 Å². The normalized spacial score (nSPS) is 10.3. The number of ether oxygens (including phenoxy) is 1. The van der Waals surface area contributed by atoms with Crippen LogP contribution in [0.25, 0.3) is 0 Å². The fourth-order valence-corrected chi connectivity index (χ4v) is 1.88. The van der Waals surface area contributed by atoms with Crippen LogP contribution in [0.15, 0.2) is 41.3 Å². The van der Waals surface area contributed by atoms with Crippen LogP contribution < -0.4 is 10.2 Å². The first kappa shape index (κ1) is 14.1. The molecule has 0 saturated heterocycles. The summed E-state index contributed by atoms with van der Waals surface area (Å²) in [5.74, 6) is 0.713. The number of pyridine rings is 1. The lowest BCUT2D eigenvalue weighted by Gasteiger charge is -2.09. The number of halogens is 1. The Morgan fingerprint density at radius 1 is 1.35 bits per heavy atom. The number of non-ortho nitro benzene ring substituents is 1. The van der Waals surface area contributed by atoms with Crippen LogP contribution >= 0.6 is 11.6 Å². The molecule has 104 valence electrons. The summed E-state index contributed by atoms with van der Waals surface area (Å²) in [6.07, 6.45) is 1.53. The van der Waals surface area contributed by atoms with E-state index in [1.807, 2.05) is 0 Å². The Hall–Kier alpha value is -2.34. The van der Waals surface area contributed by atoms with E-state index in [1.54, 1.807) is 11.6 Å². The van der Waals surface area contributed by atoms with Crippen molar-refractivity contribution in [3.8, 4) is 11.5 Å². The molecule has 1 aromatic heterocycles. The SMILES string of the molecule is Cn1cc(Oc2ccc([N+](=O)[O-])cc2)c(=O)cc1CCl. The van der Waals surface area contributed by atoms with Crippen molar-refractivity contribution in [2.45, 2.75) is 5.88 Å². The molecule has 0 unspecified atom stereocenters. The first-order valence-electron chi connectivity index (χ1n) is 5.69. The van der Waals surface area contributed by atoms with Gasteiger partial charge < -0.3 is 9.30 Å². The van der Waals surface area contributed by atoms with E-state index < -0.39 is 4.92 Å². The third-order valence-corrected chi connectivity index (χ3v) is 2.99. The van der Waals surface area contributed by atoms with Crippen LogP contribution in [0, 0.1) is 10.1 Å². The molecule has 20 heavy (non-hydrogen) atoms. The molecule has 0 radical (unpaired) electrons. The molecular formula is C13H11ClN2O4. The van der Waals surface area contributed by atoms with Crippen LogP contribution in [0.3, 0.4) is 0 Å². The largest absolute Gasteiger partial charge is 0.452 e. The zero-order valence-corrected chi connectivity index (χ0v) is 11.3. The van der Waals surface area contributed by atoms with Gasteiger partial charge >= 0.3 is 0 Å². The summed E-state index contributed by atoms with van der Waals surface area (Å²) in [7, 11) is 1.75. The Bertz CT molecular complexity index is 695. The maximum atomic E-state index is 11.8. The molecule has 0 aliphatic carbocycles. The van der Waals surface area contributed by atoms with Crippen LogP contribution in [0.4, 0.5) is 5.69 Å². The number of alkyl halides is 1. The second-order valence-electron chi connectivity index (χ2n) is 4.09. The predicted octanol–water partition coefficient (Wildman–Crippen LogP) is 2.82. The molecule has 2 aromatic rings. The maximum absolute atomic E-state index is 11.8. The van der Waals surface area contributed by atoms with Crippen LogP contribution in [0.1, 0.15) is 5.69 Å². The van der Waals surface area contributed by atoms with Gasteiger partial charge in [0.1, 0.15) is 5.75 Å². The highest BCUT2D eigenvalue weighted by Crippen LogP contribution is 2.21. The lowest BCUT2D eigenvalue weighted by molar-refractivity contribution is -0.384. The van der Waals surface area contributed by atoms with E-state index in [2.05, 4.69) is 0 Å². The molecule has 0 bridgehead atoms. The van der Waals surface area contributed by atoms with Crippen molar-refractivity contribution in [1.82, 2.24) is 4.57 Å². The summed E-state index contributed by atoms with van der Waals surface area (Å²) in [5, 5.41) is 10.5. The van der Waals surface area contributed by atoms with Gasteiger partial charge in [-0.05, 0) is 12.1 Å². The summed E-state index contributed by atoms with van der Waals surface area (Å²) in [6.45, 7) is 0. The zero-order chi connectivity index (χ0) is 14.7. The van der Waals surface area contributed by atoms with E-state index in [4.69, 9.17) is 16.3 Å². The third kappa shape index (κ3) is 2.97. The molecule has 0 fully saturated rings. The summed E-state index contributed by atoms with van der Waals surface area (Å²) in [5.41, 5.74) is 0.340. The van der Waals surface area contributed by atoms with Gasteiger partial charge in [-0.2, -0.15) is 0 Å². The van der Waals surface area contributed by atoms with E-state index in [-0.39, 0.29) is 22.7 Å². The van der Waals surface area contributed by atoms with Gasteiger partial charge in [0.2, 0.25) is 5.43 Å². The fraction of sp³-hybridized carbons (Fsp3) is 0.154. The third-order valence-electron chi connectivity index (χ3n) is 2.72. The standard InChI is InChI=1S/C13H11ClN2O4/c1-15-8-13(12(17)6-10(15)7-14)20-11-4-2-9(3-5-11)16(18)19/h2-6,8H,7H2,1H3. The molecule has 1 aromatic carbocycles. The van der Waals surface area contributed by atoms with Crippen molar-refractivity contribution in [2.75, 3.05) is 0 Å². The molecule has 0 amide bonds. The van der Waals surface area contributed by atoms with E-state index in [1.165, 1.54) is 36.5 Å². The van der Waals surface area contributed by atoms with Crippen LogP contribution in [-0.2, 0) is 12.9 Å². The average Bonchev–Trinajstić information content (AvgIpc) is 2.43. The van der Waals surface area contributed by atoms with E-state index in [0.29, 0.717) is 11.4 Å². The molecule has 0 saturated carbocycles. The van der Waals surface area contributed by atoms with Crippen molar-refractivity contribution >= 4 is 17.3 Å². The maximum Gasteiger partial charge on any atom is 0.269 e. The second-order valence-corrected chi connectivity index (χ2v) is 4.36. The Morgan fingerprint density at radius 3 is 2.55 bits per heavy atom. The van der Waals surface area contributed by atoms with E-state index in [0.717, 1.165) is 0 Å². The summed E-state index contributed by atoms with van der Waals surface area (Å²) < 4.78 is 7.11. The minimum absolute atomic E-state index is 0.0391. The van der Waals surface area contributed by atoms with Crippen molar-refractivity contribution in [3.63, 3.8) is 0 Å². The molecule has 6 nitrogen and oxygen atoms in total. The highest BCUT2D eigenvalue weighted by molar-refractivity contribution is 6.16. The lowest BCUT2D eigenvalue weighted by atomic mass is 10.3. The number of nitro groups is 1. The van der Waals surface area contributed by atoms with Crippen LogP contribution in [0.5, 0.6) is 11.5 Å². The molecule has 1 heterocycles. The first-order valence-corrected chi connectivity index (χ1v) is 6.22. The first-order chi connectivity index (χ1) is 9.51. The predicted molar refractivity (Wildman–Crippen MR) is 74.4 cm³/mol. The van der Waals surface area contributed by atoms with Crippen molar-refractivity contribution < 1.29 is 9.66 Å². The van der Waals surface area contributed by atoms with Gasteiger partial charge in [-0.1, -0.05) is 0 Å². The number of rotatable bonds is 4. The molecule has 0 aliphatic rings. The van der Waals surface area contributed by atoms with Crippen LogP contribution in [0.2, 0.25) is 0 Å². The minimum Gasteiger partial charge on any atom is -0.452 e. The Balaban J connectivity index is 2.28. The Kier molecular flexibility index (Phi) is 4.05. The van der Waals surface area contributed by atoms with E-state index in [9.17, 15) is 14.9 Å². The highest BCUT2D eigenvalue weighted by atomic mass is 35.5. The monoisotopic (exact) mass is 294 g/mol. The van der Waals surface area contributed by atoms with Crippen LogP contribution in [-0.4, -0.2) is 9.49 Å². The number of aryl methyl sites for hydroxylation is 1. The van der Waals surface area contributed by atoms with Gasteiger partial charge in [-0.25, -0.2) is 0 Å². The molecule has 0 N–H and O–H groups in total. The summed E-state index contributed by atoms with van der Waals surface area (Å²) >= 11 is 5.70. The van der Waals surface area contributed by atoms with Gasteiger partial charge in [0.15, 0.2) is 5.75 Å². The lowest BCUT2D eigenvalue weighted by Crippen LogP contribution is -2.11. The fourth-order valence-electron chi connectivity index (χ4n) is 1.62. The quantitative estimate of drug-likeness (QED) is 0.494. The smallest absolute Gasteiger partial charge is 0.269 e. The number of nitro benzene ring substituents is 1. The molecule has 0 spiro atoms. The average molecular weight is 295 g/mol. The van der Waals surface area contributed by atoms with Crippen molar-refractivity contribution in [3.05, 3.63) is 62.6 Å². The van der Waals surface area contributed by atoms with Gasteiger partial charge in [-0.15, -0.1) is 11.6 Å². The van der Waals surface area contributed by atoms with Gasteiger partial charge in [0.05, 0.1) is 17.0 Å². The molecular weight excluding hydrogens is 284 g/mol. The topological polar surface area (TPSA) is 74.4 Å². The number of benzene rings is 1. The van der Waals surface area contributed by atoms with E-state index >= 15 is 0 Å². The zero-order valence-electron chi connectivity index (χ0n) is 10.6. The molecule has 0 aliphatic heterocycles. The molecule has 0 atom stereocenters. The summed E-state index contributed by atoms with van der Waals surface area (Å²) in [4.78, 5) is 21.9. The van der Waals surface area contributed by atoms with Gasteiger partial charge in [0, 0.05) is 30.9 Å².